The van der Waals surface area contributed by atoms with Gasteiger partial charge in [0.05, 0.1) is 36.6 Å². The molecule has 0 saturated carbocycles. The molecule has 9 bridgehead atoms. The van der Waals surface area contributed by atoms with E-state index in [1.807, 2.05) is 74.5 Å². The van der Waals surface area contributed by atoms with Crippen LogP contribution < -0.4 is 5.73 Å². The molecule has 7 heterocycles. The highest BCUT2D eigenvalue weighted by Gasteiger charge is 2.73. The number of hydrogen-bond donors (Lipinski definition) is 3. The Bertz CT molecular complexity index is 1680. The number of allylic oxidation sites excluding steroid dienone is 1. The van der Waals surface area contributed by atoms with Gasteiger partial charge in [-0.25, -0.2) is 9.59 Å². The Morgan fingerprint density at radius 2 is 1.34 bits per heavy atom. The van der Waals surface area contributed by atoms with Crippen LogP contribution in [0.3, 0.4) is 0 Å². The molecular formula is C45H73BNO15-. The number of nitrogens with two attached hydrogens (primary N) is 1. The zero-order chi connectivity index (χ0) is 45.2. The van der Waals surface area contributed by atoms with Crippen LogP contribution in [-0.2, 0) is 61.4 Å². The van der Waals surface area contributed by atoms with E-state index in [0.29, 0.717) is 64.2 Å². The third-order valence-electron chi connectivity index (χ3n) is 15.5. The van der Waals surface area contributed by atoms with Crippen molar-refractivity contribution in [3.63, 3.8) is 0 Å². The van der Waals surface area contributed by atoms with Crippen molar-refractivity contribution in [1.82, 2.24) is 0 Å². The molecule has 3 spiro atoms. The highest BCUT2D eigenvalue weighted by Crippen LogP contribution is 2.57. The summed E-state index contributed by atoms with van der Waals surface area (Å²) in [5.74, 6) is -7.31. The smallest absolute Gasteiger partial charge is 0.504 e. The highest BCUT2D eigenvalue weighted by atomic mass is 17.0. The van der Waals surface area contributed by atoms with Gasteiger partial charge < -0.3 is 63.0 Å². The average Bonchev–Trinajstić information content (AvgIpc) is 3.84. The molecule has 7 aliphatic rings. The lowest BCUT2D eigenvalue weighted by Crippen LogP contribution is -2.61. The number of carbonyl (C=O) groups excluding carboxylic acids is 3. The van der Waals surface area contributed by atoms with E-state index in [2.05, 4.69) is 0 Å². The fourth-order valence-electron chi connectivity index (χ4n) is 10.6. The second-order valence-corrected chi connectivity index (χ2v) is 20.9. The van der Waals surface area contributed by atoms with Crippen LogP contribution in [0.4, 0.5) is 0 Å². The summed E-state index contributed by atoms with van der Waals surface area (Å²) in [5, 5.41) is 23.6. The molecule has 7 rings (SSSR count). The average molecular weight is 879 g/mol. The van der Waals surface area contributed by atoms with Crippen LogP contribution in [0, 0.1) is 28.6 Å². The summed E-state index contributed by atoms with van der Waals surface area (Å²) in [6.45, 7) is 15.1. The first kappa shape index (κ1) is 47.8. The minimum absolute atomic E-state index is 0.142. The standard InChI is InChI=1S/C45H73BNO15/c1-24(2)36(47)39(50)54-27(5)30-16-12-11-13-17-32(48)42(7,8)34-21-19-26(4)45(57-34)38-41(52)56-31-23-29(53-28(31)6)15-14-18-33(49)43(9,10)35-22-20-25(3)44(58-35)37(40(51)55-30)59-46(60-38,61-44)62-45/h11-12,24-38,48-49H,13-23,47H2,1-10H3/q-1/b12-11+/t25-,26-,27-,28-,29-,30+,31-,32+,33-,34-,35-,36-,37?,38?,44-,45-,46?/m1/s1. The number of aliphatic hydroxyl groups excluding tert-OH is 2. The molecule has 0 aromatic carbocycles. The Labute approximate surface area is 366 Å². The van der Waals surface area contributed by atoms with E-state index in [4.69, 9.17) is 52.8 Å². The van der Waals surface area contributed by atoms with Crippen LogP contribution >= 0.6 is 0 Å². The monoisotopic (exact) mass is 879 g/mol. The SMILES string of the molecule is CC(C)[C@@H](N)C(=O)O[C@H](C)[C@@H]1C/C=C/CC[C@H](O)C(C)(C)[C@H]2CC[C@@H](C)[C@@]3(O2)O[B-]24OC(C(=O)O1)[C@]1(O[C@H](CC[C@H]1C)C(C)(C)[C@H](O)CCC[C@@H]1C[C@@H](OC(=O)C3O2)[C@@H](C)O1)O4. The van der Waals surface area contributed by atoms with Crippen LogP contribution in [0.25, 0.3) is 0 Å². The zero-order valence-electron chi connectivity index (χ0n) is 38.4. The molecule has 6 fully saturated rings. The molecule has 17 heteroatoms. The van der Waals surface area contributed by atoms with Crippen LogP contribution in [0.5, 0.6) is 0 Å². The van der Waals surface area contributed by atoms with Gasteiger partial charge in [-0.15, -0.1) is 0 Å². The maximum atomic E-state index is 15.0. The minimum Gasteiger partial charge on any atom is -0.504 e. The molecule has 16 nitrogen and oxygen atoms in total. The van der Waals surface area contributed by atoms with Crippen molar-refractivity contribution in [2.45, 2.75) is 225 Å². The lowest BCUT2D eigenvalue weighted by molar-refractivity contribution is -0.311. The summed E-state index contributed by atoms with van der Waals surface area (Å²) in [5.41, 5.74) is 4.48. The summed E-state index contributed by atoms with van der Waals surface area (Å²) < 4.78 is 66.0. The molecule has 352 valence electrons. The van der Waals surface area contributed by atoms with Gasteiger partial charge in [0, 0.05) is 35.5 Å². The molecule has 17 atom stereocenters. The number of carbonyl (C=O) groups is 3. The Kier molecular flexibility index (Phi) is 13.8. The first-order valence-corrected chi connectivity index (χ1v) is 23.3. The largest absolute Gasteiger partial charge is 0.536 e. The van der Waals surface area contributed by atoms with E-state index < -0.39 is 126 Å². The summed E-state index contributed by atoms with van der Waals surface area (Å²) in [6.07, 6.45) is -0.362. The van der Waals surface area contributed by atoms with E-state index in [1.54, 1.807) is 6.92 Å². The van der Waals surface area contributed by atoms with Gasteiger partial charge in [0.2, 0.25) is 0 Å². The maximum absolute atomic E-state index is 15.0. The molecule has 0 amide bonds. The van der Waals surface area contributed by atoms with Gasteiger partial charge in [-0.05, 0) is 77.6 Å². The van der Waals surface area contributed by atoms with Crippen molar-refractivity contribution in [1.29, 1.82) is 0 Å². The molecule has 0 aromatic rings. The number of rotatable bonds is 4. The molecule has 0 aromatic heterocycles. The quantitative estimate of drug-likeness (QED) is 0.149. The third kappa shape index (κ3) is 8.78. The third-order valence-corrected chi connectivity index (χ3v) is 15.5. The van der Waals surface area contributed by atoms with Gasteiger partial charge in [0.1, 0.15) is 24.4 Å². The number of hydrogen-bond acceptors (Lipinski definition) is 16. The van der Waals surface area contributed by atoms with Crippen molar-refractivity contribution >= 4 is 24.9 Å². The van der Waals surface area contributed by atoms with Crippen molar-refractivity contribution in [3.05, 3.63) is 12.2 Å². The number of aliphatic hydroxyl groups is 2. The first-order chi connectivity index (χ1) is 29.0. The van der Waals surface area contributed by atoms with E-state index in [1.165, 1.54) is 0 Å². The Hall–Kier alpha value is -2.19. The Morgan fingerprint density at radius 1 is 0.790 bits per heavy atom. The summed E-state index contributed by atoms with van der Waals surface area (Å²) >= 11 is 0. The number of cyclic esters (lactones) is 1. The molecule has 62 heavy (non-hydrogen) atoms. The van der Waals surface area contributed by atoms with Crippen molar-refractivity contribution in [2.24, 2.45) is 34.3 Å². The highest BCUT2D eigenvalue weighted by molar-refractivity contribution is 6.56. The fraction of sp³-hybridized carbons (Fsp3) is 0.889. The predicted molar refractivity (Wildman–Crippen MR) is 223 cm³/mol. The lowest BCUT2D eigenvalue weighted by Gasteiger charge is -2.52. The van der Waals surface area contributed by atoms with Gasteiger partial charge >= 0.3 is 24.9 Å². The summed E-state index contributed by atoms with van der Waals surface area (Å²) in [4.78, 5) is 42.9. The number of fused-ring (bicyclic) bond motifs is 6. The summed E-state index contributed by atoms with van der Waals surface area (Å²) in [6, 6.07) is -0.902. The molecule has 6 saturated heterocycles. The second-order valence-electron chi connectivity index (χ2n) is 20.9. The molecule has 7 aliphatic heterocycles. The Morgan fingerprint density at radius 3 is 1.90 bits per heavy atom. The van der Waals surface area contributed by atoms with Crippen molar-refractivity contribution < 1.29 is 71.6 Å². The van der Waals surface area contributed by atoms with Crippen LogP contribution in [-0.4, -0.2) is 120 Å². The number of ether oxygens (including phenoxy) is 6. The van der Waals surface area contributed by atoms with Gasteiger partial charge in [-0.1, -0.05) is 67.5 Å². The fourth-order valence-corrected chi connectivity index (χ4v) is 10.6. The second kappa shape index (κ2) is 17.9. The van der Waals surface area contributed by atoms with Gasteiger partial charge in [0.25, 0.3) is 0 Å². The predicted octanol–water partition coefficient (Wildman–Crippen LogP) is 4.89. The van der Waals surface area contributed by atoms with E-state index in [9.17, 15) is 19.8 Å². The molecule has 0 aliphatic carbocycles. The number of esters is 3. The Balaban J connectivity index is 1.36. The molecule has 0 radical (unpaired) electrons. The maximum Gasteiger partial charge on any atom is 0.536 e. The minimum atomic E-state index is -3.53. The normalized spacial score (nSPS) is 46.3. The van der Waals surface area contributed by atoms with E-state index in [-0.39, 0.29) is 18.4 Å². The van der Waals surface area contributed by atoms with Gasteiger partial charge in [0.15, 0.2) is 23.8 Å². The van der Waals surface area contributed by atoms with Crippen LogP contribution in [0.1, 0.15) is 140 Å². The van der Waals surface area contributed by atoms with Crippen LogP contribution in [0.2, 0.25) is 0 Å². The van der Waals surface area contributed by atoms with Crippen molar-refractivity contribution in [2.75, 3.05) is 0 Å². The summed E-state index contributed by atoms with van der Waals surface area (Å²) in [7, 11) is 0. The molecule has 4 N–H and O–H groups in total. The van der Waals surface area contributed by atoms with E-state index in [0.717, 1.165) is 0 Å². The van der Waals surface area contributed by atoms with Crippen molar-refractivity contribution in [3.8, 4) is 0 Å². The first-order valence-electron chi connectivity index (χ1n) is 23.3. The van der Waals surface area contributed by atoms with Gasteiger partial charge in [-0.3, -0.25) is 4.79 Å². The topological polar surface area (TPSA) is 210 Å². The van der Waals surface area contributed by atoms with Gasteiger partial charge in [-0.2, -0.15) is 0 Å². The molecular weight excluding hydrogens is 805 g/mol. The molecule has 3 unspecified atom stereocenters. The zero-order valence-corrected chi connectivity index (χ0v) is 38.4. The van der Waals surface area contributed by atoms with E-state index >= 15 is 4.79 Å². The lowest BCUT2D eigenvalue weighted by atomic mass is 9.73. The van der Waals surface area contributed by atoms with Crippen LogP contribution in [0.15, 0.2) is 12.2 Å².